The number of fused-ring (bicyclic) bond motifs is 1. The van der Waals surface area contributed by atoms with Gasteiger partial charge in [-0.25, -0.2) is 4.39 Å². The number of anilines is 1. The summed E-state index contributed by atoms with van der Waals surface area (Å²) in [4.78, 5) is 16.9. The first kappa shape index (κ1) is 20.2. The Balaban J connectivity index is 1.21. The molecule has 1 amide bonds. The molecule has 4 rings (SSSR count). The number of nitrogens with zero attached hydrogens (tertiary/aromatic N) is 2. The van der Waals surface area contributed by atoms with Crippen LogP contribution in [0.2, 0.25) is 5.02 Å². The second-order valence-electron chi connectivity index (χ2n) is 8.21. The second-order valence-corrected chi connectivity index (χ2v) is 8.62. The van der Waals surface area contributed by atoms with Gasteiger partial charge in [0.1, 0.15) is 5.82 Å². The van der Waals surface area contributed by atoms with E-state index < -0.39 is 5.82 Å². The Morgan fingerprint density at radius 1 is 1.14 bits per heavy atom. The maximum absolute atomic E-state index is 13.9. The molecular weight excluding hydrogens is 389 g/mol. The zero-order valence-electron chi connectivity index (χ0n) is 16.7. The molecule has 1 N–H and O–H groups in total. The number of nitrogens with one attached hydrogen (secondary N) is 1. The Kier molecular flexibility index (Phi) is 6.07. The summed E-state index contributed by atoms with van der Waals surface area (Å²) in [6, 6.07) is 12.3. The minimum absolute atomic E-state index is 0.176. The first-order chi connectivity index (χ1) is 14.0. The number of benzene rings is 2. The molecule has 2 unspecified atom stereocenters. The van der Waals surface area contributed by atoms with Crippen molar-refractivity contribution in [2.45, 2.75) is 13.3 Å². The van der Waals surface area contributed by atoms with Gasteiger partial charge in [0.2, 0.25) is 0 Å². The van der Waals surface area contributed by atoms with Crippen molar-refractivity contribution in [3.63, 3.8) is 0 Å². The normalized spacial score (nSPS) is 21.4. The van der Waals surface area contributed by atoms with Crippen LogP contribution >= 0.6 is 11.6 Å². The smallest absolute Gasteiger partial charge is 0.256 e. The van der Waals surface area contributed by atoms with Crippen molar-refractivity contribution in [3.05, 3.63) is 64.4 Å². The lowest BCUT2D eigenvalue weighted by Gasteiger charge is -2.22. The molecule has 6 heteroatoms. The van der Waals surface area contributed by atoms with Crippen molar-refractivity contribution >= 4 is 23.2 Å². The van der Waals surface area contributed by atoms with E-state index in [1.807, 2.05) is 24.0 Å². The third-order valence-electron chi connectivity index (χ3n) is 6.11. The van der Waals surface area contributed by atoms with E-state index in [0.29, 0.717) is 11.8 Å². The molecule has 2 fully saturated rings. The second kappa shape index (κ2) is 8.72. The van der Waals surface area contributed by atoms with Crippen molar-refractivity contribution in [1.82, 2.24) is 9.80 Å². The highest BCUT2D eigenvalue weighted by atomic mass is 35.5. The lowest BCUT2D eigenvalue weighted by atomic mass is 10.0. The number of amides is 1. The standard InChI is InChI=1S/C23H27ClFN3O/c1-16-7-8-19(11-21(16)24)26-9-4-10-27-12-17-14-28(15-18(17)13-27)23(29)20-5-2-3-6-22(20)25/h2-3,5-8,11,17-18,26H,4,9-10,12-15H2,1H3. The Hall–Kier alpha value is -2.11. The van der Waals surface area contributed by atoms with Crippen LogP contribution in [0, 0.1) is 24.6 Å². The summed E-state index contributed by atoms with van der Waals surface area (Å²) < 4.78 is 13.9. The van der Waals surface area contributed by atoms with Gasteiger partial charge >= 0.3 is 0 Å². The van der Waals surface area contributed by atoms with Crippen molar-refractivity contribution in [1.29, 1.82) is 0 Å². The van der Waals surface area contributed by atoms with E-state index in [1.165, 1.54) is 6.07 Å². The van der Waals surface area contributed by atoms with E-state index in [-0.39, 0.29) is 11.5 Å². The van der Waals surface area contributed by atoms with Gasteiger partial charge in [0.25, 0.3) is 5.91 Å². The molecule has 0 saturated carbocycles. The fraction of sp³-hybridized carbons (Fsp3) is 0.435. The van der Waals surface area contributed by atoms with Gasteiger partial charge in [0.15, 0.2) is 0 Å². The molecule has 0 radical (unpaired) electrons. The summed E-state index contributed by atoms with van der Waals surface area (Å²) in [6.45, 7) is 7.44. The van der Waals surface area contributed by atoms with Gasteiger partial charge in [0, 0.05) is 43.4 Å². The maximum Gasteiger partial charge on any atom is 0.256 e. The van der Waals surface area contributed by atoms with Crippen LogP contribution in [0.4, 0.5) is 10.1 Å². The summed E-state index contributed by atoms with van der Waals surface area (Å²) in [5.41, 5.74) is 2.33. The van der Waals surface area contributed by atoms with Gasteiger partial charge in [-0.2, -0.15) is 0 Å². The van der Waals surface area contributed by atoms with E-state index in [1.54, 1.807) is 18.2 Å². The third-order valence-corrected chi connectivity index (χ3v) is 6.51. The van der Waals surface area contributed by atoms with Crippen LogP contribution in [-0.2, 0) is 0 Å². The minimum Gasteiger partial charge on any atom is -0.385 e. The summed E-state index contributed by atoms with van der Waals surface area (Å²) in [7, 11) is 0. The van der Waals surface area contributed by atoms with Gasteiger partial charge in [-0.15, -0.1) is 0 Å². The molecule has 2 aliphatic heterocycles. The van der Waals surface area contributed by atoms with Crippen LogP contribution in [0.1, 0.15) is 22.3 Å². The van der Waals surface area contributed by atoms with Gasteiger partial charge < -0.3 is 15.1 Å². The molecule has 2 aromatic carbocycles. The van der Waals surface area contributed by atoms with Crippen LogP contribution in [0.25, 0.3) is 0 Å². The zero-order chi connectivity index (χ0) is 20.4. The van der Waals surface area contributed by atoms with Gasteiger partial charge in [0.05, 0.1) is 5.56 Å². The highest BCUT2D eigenvalue weighted by Crippen LogP contribution is 2.32. The fourth-order valence-corrected chi connectivity index (χ4v) is 4.66. The Morgan fingerprint density at radius 2 is 1.86 bits per heavy atom. The molecule has 2 saturated heterocycles. The summed E-state index contributed by atoms with van der Waals surface area (Å²) in [6.07, 6.45) is 1.06. The minimum atomic E-state index is -0.432. The third kappa shape index (κ3) is 4.57. The molecular formula is C23H27ClFN3O. The van der Waals surface area contributed by atoms with Crippen molar-refractivity contribution in [2.24, 2.45) is 11.8 Å². The van der Waals surface area contributed by atoms with Crippen molar-refractivity contribution in [3.8, 4) is 0 Å². The quantitative estimate of drug-likeness (QED) is 0.715. The average molecular weight is 416 g/mol. The highest BCUT2D eigenvalue weighted by Gasteiger charge is 2.41. The molecule has 2 aromatic rings. The molecule has 0 bridgehead atoms. The lowest BCUT2D eigenvalue weighted by Crippen LogP contribution is -2.34. The van der Waals surface area contributed by atoms with E-state index >= 15 is 0 Å². The molecule has 2 heterocycles. The number of hydrogen-bond donors (Lipinski definition) is 1. The number of carbonyl (C=O) groups excluding carboxylic acids is 1. The van der Waals surface area contributed by atoms with Crippen molar-refractivity contribution < 1.29 is 9.18 Å². The molecule has 2 aliphatic rings. The predicted molar refractivity (Wildman–Crippen MR) is 115 cm³/mol. The number of carbonyl (C=O) groups is 1. The molecule has 2 atom stereocenters. The molecule has 0 spiro atoms. The highest BCUT2D eigenvalue weighted by molar-refractivity contribution is 6.31. The Bertz CT molecular complexity index is 876. The van der Waals surface area contributed by atoms with Crippen LogP contribution in [0.15, 0.2) is 42.5 Å². The van der Waals surface area contributed by atoms with E-state index in [0.717, 1.165) is 62.0 Å². The molecule has 29 heavy (non-hydrogen) atoms. The maximum atomic E-state index is 13.9. The van der Waals surface area contributed by atoms with E-state index in [4.69, 9.17) is 11.6 Å². The van der Waals surface area contributed by atoms with E-state index in [2.05, 4.69) is 16.3 Å². The SMILES string of the molecule is Cc1ccc(NCCCN2CC3CN(C(=O)c4ccccc4F)CC3C2)cc1Cl. The van der Waals surface area contributed by atoms with Crippen LogP contribution in [-0.4, -0.2) is 55.0 Å². The lowest BCUT2D eigenvalue weighted by molar-refractivity contribution is 0.0769. The number of likely N-dealkylation sites (tertiary alicyclic amines) is 2. The average Bonchev–Trinajstić information content (AvgIpc) is 3.26. The first-order valence-electron chi connectivity index (χ1n) is 10.3. The van der Waals surface area contributed by atoms with E-state index in [9.17, 15) is 9.18 Å². The Morgan fingerprint density at radius 3 is 2.55 bits per heavy atom. The summed E-state index contributed by atoms with van der Waals surface area (Å²) in [5.74, 6) is 0.382. The zero-order valence-corrected chi connectivity index (χ0v) is 17.5. The van der Waals surface area contributed by atoms with Crippen LogP contribution in [0.5, 0.6) is 0 Å². The molecule has 0 aliphatic carbocycles. The fourth-order valence-electron chi connectivity index (χ4n) is 4.48. The number of rotatable bonds is 6. The van der Waals surface area contributed by atoms with Gasteiger partial charge in [-0.3, -0.25) is 4.79 Å². The van der Waals surface area contributed by atoms with Crippen molar-refractivity contribution in [2.75, 3.05) is 44.6 Å². The summed E-state index contributed by atoms with van der Waals surface area (Å²) in [5, 5.41) is 4.22. The molecule has 4 nitrogen and oxygen atoms in total. The molecule has 154 valence electrons. The van der Waals surface area contributed by atoms with Crippen LogP contribution < -0.4 is 5.32 Å². The predicted octanol–water partition coefficient (Wildman–Crippen LogP) is 4.29. The monoisotopic (exact) mass is 415 g/mol. The van der Waals surface area contributed by atoms with Crippen LogP contribution in [0.3, 0.4) is 0 Å². The number of halogens is 2. The first-order valence-corrected chi connectivity index (χ1v) is 10.7. The van der Waals surface area contributed by atoms with Gasteiger partial charge in [-0.05, 0) is 61.6 Å². The van der Waals surface area contributed by atoms with Gasteiger partial charge in [-0.1, -0.05) is 29.8 Å². The molecule has 0 aromatic heterocycles. The number of hydrogen-bond acceptors (Lipinski definition) is 3. The number of aryl methyl sites for hydroxylation is 1. The largest absolute Gasteiger partial charge is 0.385 e. The topological polar surface area (TPSA) is 35.6 Å². The Labute approximate surface area is 176 Å². The summed E-state index contributed by atoms with van der Waals surface area (Å²) >= 11 is 6.17.